The summed E-state index contributed by atoms with van der Waals surface area (Å²) in [5.74, 6) is 0.830. The van der Waals surface area contributed by atoms with Crippen LogP contribution in [0.25, 0.3) is 0 Å². The van der Waals surface area contributed by atoms with Gasteiger partial charge in [-0.1, -0.05) is 30.3 Å². The molecule has 0 N–H and O–H groups in total. The smallest absolute Gasteiger partial charge is 0.275 e. The summed E-state index contributed by atoms with van der Waals surface area (Å²) in [5.41, 5.74) is 2.21. The van der Waals surface area contributed by atoms with Crippen LogP contribution in [0.5, 0.6) is 0 Å². The first kappa shape index (κ1) is 21.2. The van der Waals surface area contributed by atoms with Crippen LogP contribution >= 0.6 is 11.7 Å². The van der Waals surface area contributed by atoms with Crippen molar-refractivity contribution in [2.45, 2.75) is 32.2 Å². The fraction of sp³-hybridized carbons (Fsp3) is 0.391. The number of aryl methyl sites for hydroxylation is 1. The molecule has 1 saturated heterocycles. The van der Waals surface area contributed by atoms with Gasteiger partial charge in [0.25, 0.3) is 11.8 Å². The van der Waals surface area contributed by atoms with Crippen LogP contribution < -0.4 is 0 Å². The number of hydrogen-bond donors (Lipinski definition) is 0. The van der Waals surface area contributed by atoms with E-state index in [4.69, 9.17) is 4.42 Å². The second-order valence-corrected chi connectivity index (χ2v) is 8.54. The Morgan fingerprint density at radius 2 is 1.97 bits per heavy atom. The van der Waals surface area contributed by atoms with Crippen molar-refractivity contribution in [1.82, 2.24) is 18.5 Å². The van der Waals surface area contributed by atoms with Crippen molar-refractivity contribution in [3.63, 3.8) is 0 Å². The van der Waals surface area contributed by atoms with Crippen molar-refractivity contribution in [2.75, 3.05) is 20.1 Å². The minimum absolute atomic E-state index is 0.0285. The highest BCUT2D eigenvalue weighted by Crippen LogP contribution is 2.28. The van der Waals surface area contributed by atoms with E-state index in [0.29, 0.717) is 36.0 Å². The van der Waals surface area contributed by atoms with Crippen LogP contribution in [0, 0.1) is 12.8 Å². The normalized spacial score (nSPS) is 15.6. The van der Waals surface area contributed by atoms with Gasteiger partial charge in [-0.05, 0) is 43.7 Å². The highest BCUT2D eigenvalue weighted by molar-refractivity contribution is 6.99. The highest BCUT2D eigenvalue weighted by Gasteiger charge is 2.34. The van der Waals surface area contributed by atoms with Gasteiger partial charge in [-0.15, -0.1) is 0 Å². The molecule has 7 nitrogen and oxygen atoms in total. The minimum atomic E-state index is -0.0646. The number of piperidine rings is 1. The number of aromatic nitrogens is 2. The van der Waals surface area contributed by atoms with Crippen LogP contribution in [0.3, 0.4) is 0 Å². The highest BCUT2D eigenvalue weighted by atomic mass is 32.1. The maximum absolute atomic E-state index is 13.2. The van der Waals surface area contributed by atoms with Crippen molar-refractivity contribution in [1.29, 1.82) is 0 Å². The number of carbonyl (C=O) groups excluding carboxylic acids is 2. The number of benzene rings is 1. The van der Waals surface area contributed by atoms with Crippen LogP contribution in [-0.4, -0.2) is 56.5 Å². The molecule has 2 amide bonds. The molecule has 0 aliphatic carbocycles. The zero-order valence-corrected chi connectivity index (χ0v) is 18.5. The minimum Gasteiger partial charge on any atom is -0.469 e. The average Bonchev–Trinajstić information content (AvgIpc) is 3.49. The van der Waals surface area contributed by atoms with E-state index in [0.717, 1.165) is 31.0 Å². The first-order chi connectivity index (χ1) is 15.0. The molecule has 1 aromatic carbocycles. The lowest BCUT2D eigenvalue weighted by atomic mass is 9.84. The van der Waals surface area contributed by atoms with Crippen LogP contribution in [0.15, 0.2) is 53.3 Å². The maximum Gasteiger partial charge on any atom is 0.275 e. The van der Waals surface area contributed by atoms with Crippen LogP contribution in [0.1, 0.15) is 45.0 Å². The fourth-order valence-electron chi connectivity index (χ4n) is 4.33. The van der Waals surface area contributed by atoms with Gasteiger partial charge in [-0.2, -0.15) is 8.75 Å². The van der Waals surface area contributed by atoms with E-state index >= 15 is 0 Å². The predicted molar refractivity (Wildman–Crippen MR) is 118 cm³/mol. The first-order valence-electron chi connectivity index (χ1n) is 10.5. The van der Waals surface area contributed by atoms with Gasteiger partial charge in [-0.25, -0.2) is 0 Å². The second kappa shape index (κ2) is 9.43. The molecule has 0 bridgehead atoms. The van der Waals surface area contributed by atoms with Crippen LogP contribution in [0.4, 0.5) is 0 Å². The molecule has 162 valence electrons. The lowest BCUT2D eigenvalue weighted by Gasteiger charge is -2.40. The number of furan rings is 1. The van der Waals surface area contributed by atoms with Gasteiger partial charge in [0.1, 0.15) is 5.76 Å². The lowest BCUT2D eigenvalue weighted by Crippen LogP contribution is -2.48. The summed E-state index contributed by atoms with van der Waals surface area (Å²) in [6.07, 6.45) is 5.53. The summed E-state index contributed by atoms with van der Waals surface area (Å²) in [5, 5.41) is 0. The van der Waals surface area contributed by atoms with E-state index in [-0.39, 0.29) is 17.9 Å². The number of likely N-dealkylation sites (tertiary alicyclic amines) is 1. The van der Waals surface area contributed by atoms with E-state index in [2.05, 4.69) is 20.9 Å². The van der Waals surface area contributed by atoms with Crippen molar-refractivity contribution in [3.8, 4) is 0 Å². The number of carbonyl (C=O) groups is 2. The summed E-state index contributed by atoms with van der Waals surface area (Å²) in [7, 11) is 1.88. The molecular formula is C23H26N4O3S. The van der Waals surface area contributed by atoms with E-state index in [1.54, 1.807) is 12.3 Å². The number of rotatable bonds is 6. The Morgan fingerprint density at radius 3 is 2.58 bits per heavy atom. The standard InChI is InChI=1S/C23H26N4O3S/c1-16-19(10-13-30-16)22(28)26(2)21(14-17-6-4-3-5-7-17)18-8-11-27(12-9-18)23(29)20-15-24-31-25-20/h3-7,10,13,15,18,21H,8-9,11-12,14H2,1-2H3. The van der Waals surface area contributed by atoms with Gasteiger partial charge in [0.2, 0.25) is 0 Å². The molecule has 1 aliphatic rings. The van der Waals surface area contributed by atoms with Gasteiger partial charge >= 0.3 is 0 Å². The molecule has 0 radical (unpaired) electrons. The van der Waals surface area contributed by atoms with Crippen molar-refractivity contribution in [2.24, 2.45) is 5.92 Å². The Kier molecular flexibility index (Phi) is 6.46. The largest absolute Gasteiger partial charge is 0.469 e. The molecule has 4 rings (SSSR count). The quantitative estimate of drug-likeness (QED) is 0.587. The molecule has 3 aromatic rings. The molecule has 31 heavy (non-hydrogen) atoms. The molecular weight excluding hydrogens is 412 g/mol. The van der Waals surface area contributed by atoms with Gasteiger partial charge in [0.05, 0.1) is 29.8 Å². The van der Waals surface area contributed by atoms with E-state index in [9.17, 15) is 9.59 Å². The monoisotopic (exact) mass is 438 g/mol. The Morgan fingerprint density at radius 1 is 1.23 bits per heavy atom. The van der Waals surface area contributed by atoms with Crippen LogP contribution in [-0.2, 0) is 6.42 Å². The van der Waals surface area contributed by atoms with Gasteiger partial charge in [0, 0.05) is 26.2 Å². The Hall–Kier alpha value is -3.00. The Bertz CT molecular complexity index is 1010. The SMILES string of the molecule is Cc1occc1C(=O)N(C)C(Cc1ccccc1)C1CCN(C(=O)c2cnsn2)CC1. The number of hydrogen-bond acceptors (Lipinski definition) is 6. The van der Waals surface area contributed by atoms with E-state index in [1.807, 2.05) is 42.0 Å². The first-order valence-corrected chi connectivity index (χ1v) is 11.2. The molecule has 8 heteroatoms. The second-order valence-electron chi connectivity index (χ2n) is 7.99. The van der Waals surface area contributed by atoms with Gasteiger partial charge in [-0.3, -0.25) is 9.59 Å². The van der Waals surface area contributed by atoms with Gasteiger partial charge < -0.3 is 14.2 Å². The molecule has 2 aromatic heterocycles. The zero-order valence-electron chi connectivity index (χ0n) is 17.7. The number of nitrogens with zero attached hydrogens (tertiary/aromatic N) is 4. The zero-order chi connectivity index (χ0) is 21.8. The van der Waals surface area contributed by atoms with Crippen LogP contribution in [0.2, 0.25) is 0 Å². The fourth-order valence-corrected chi connectivity index (χ4v) is 4.74. The lowest BCUT2D eigenvalue weighted by molar-refractivity contribution is 0.0519. The van der Waals surface area contributed by atoms with Crippen molar-refractivity contribution >= 4 is 23.5 Å². The third-order valence-electron chi connectivity index (χ3n) is 6.15. The van der Waals surface area contributed by atoms with E-state index < -0.39 is 0 Å². The molecule has 1 atom stereocenters. The summed E-state index contributed by atoms with van der Waals surface area (Å²) in [6, 6.07) is 12.0. The van der Waals surface area contributed by atoms with E-state index in [1.165, 1.54) is 11.8 Å². The van der Waals surface area contributed by atoms with Gasteiger partial charge in [0.15, 0.2) is 5.69 Å². The Balaban J connectivity index is 1.50. The summed E-state index contributed by atoms with van der Waals surface area (Å²) < 4.78 is 13.4. The van der Waals surface area contributed by atoms with Crippen molar-refractivity contribution < 1.29 is 14.0 Å². The van der Waals surface area contributed by atoms with Crippen molar-refractivity contribution in [3.05, 3.63) is 71.4 Å². The third-order valence-corrected chi connectivity index (χ3v) is 6.62. The number of likely N-dealkylation sites (N-methyl/N-ethyl adjacent to an activating group) is 1. The molecule has 1 fully saturated rings. The average molecular weight is 439 g/mol. The molecule has 3 heterocycles. The molecule has 1 aliphatic heterocycles. The molecule has 1 unspecified atom stereocenters. The summed E-state index contributed by atoms with van der Waals surface area (Å²) >= 11 is 1.05. The third kappa shape index (κ3) is 4.69. The maximum atomic E-state index is 13.2. The molecule has 0 saturated carbocycles. The summed E-state index contributed by atoms with van der Waals surface area (Å²) in [6.45, 7) is 3.11. The predicted octanol–water partition coefficient (Wildman–Crippen LogP) is 3.68. The number of amides is 2. The summed E-state index contributed by atoms with van der Waals surface area (Å²) in [4.78, 5) is 29.5. The Labute approximate surface area is 186 Å². The molecule has 0 spiro atoms. The topological polar surface area (TPSA) is 79.5 Å².